The maximum Gasteiger partial charge on any atom is 0.258 e. The van der Waals surface area contributed by atoms with Crippen molar-refractivity contribution in [2.45, 2.75) is 26.2 Å². The minimum atomic E-state index is -0.330. The summed E-state index contributed by atoms with van der Waals surface area (Å²) in [5.41, 5.74) is 4.47. The lowest BCUT2D eigenvalue weighted by Crippen LogP contribution is -2.12. The molecule has 0 fully saturated rings. The number of nitrogens with one attached hydrogen (secondary N) is 1. The SMILES string of the molecule is CC(C)(C)c1ccc(-c2nc3cc(NC(=O)c4cccnc4Cl)ccc3o2)cc1. The van der Waals surface area contributed by atoms with Crippen LogP contribution in [-0.4, -0.2) is 15.9 Å². The van der Waals surface area contributed by atoms with E-state index in [0.717, 1.165) is 5.56 Å². The van der Waals surface area contributed by atoms with Gasteiger partial charge in [-0.1, -0.05) is 44.5 Å². The minimum Gasteiger partial charge on any atom is -0.436 e. The Balaban J connectivity index is 1.59. The molecule has 0 radical (unpaired) electrons. The van der Waals surface area contributed by atoms with Crippen LogP contribution in [0.25, 0.3) is 22.6 Å². The van der Waals surface area contributed by atoms with Gasteiger partial charge in [0.15, 0.2) is 5.58 Å². The van der Waals surface area contributed by atoms with E-state index < -0.39 is 0 Å². The van der Waals surface area contributed by atoms with E-state index in [1.807, 2.05) is 12.1 Å². The van der Waals surface area contributed by atoms with Crippen molar-refractivity contribution in [2.75, 3.05) is 5.32 Å². The first-order chi connectivity index (χ1) is 13.8. The molecule has 2 aromatic heterocycles. The zero-order valence-corrected chi connectivity index (χ0v) is 17.1. The molecular formula is C23H20ClN3O2. The summed E-state index contributed by atoms with van der Waals surface area (Å²) in [5.74, 6) is 0.211. The lowest BCUT2D eigenvalue weighted by atomic mass is 9.87. The number of benzene rings is 2. The topological polar surface area (TPSA) is 68.0 Å². The van der Waals surface area contributed by atoms with E-state index in [9.17, 15) is 4.79 Å². The largest absolute Gasteiger partial charge is 0.436 e. The Hall–Kier alpha value is -3.18. The van der Waals surface area contributed by atoms with Crippen molar-refractivity contribution >= 4 is 34.3 Å². The number of carbonyl (C=O) groups excluding carboxylic acids is 1. The molecule has 2 heterocycles. The highest BCUT2D eigenvalue weighted by atomic mass is 35.5. The molecule has 0 saturated carbocycles. The Morgan fingerprint density at radius 1 is 1.07 bits per heavy atom. The molecule has 0 bridgehead atoms. The molecule has 0 saturated heterocycles. The number of pyridine rings is 1. The molecule has 6 heteroatoms. The first kappa shape index (κ1) is 19.2. The zero-order valence-electron chi connectivity index (χ0n) is 16.4. The number of oxazole rings is 1. The highest BCUT2D eigenvalue weighted by Gasteiger charge is 2.15. The fourth-order valence-corrected chi connectivity index (χ4v) is 3.20. The molecule has 0 aliphatic carbocycles. The van der Waals surface area contributed by atoms with E-state index >= 15 is 0 Å². The lowest BCUT2D eigenvalue weighted by molar-refractivity contribution is 0.102. The molecule has 1 amide bonds. The van der Waals surface area contributed by atoms with Crippen molar-refractivity contribution in [3.63, 3.8) is 0 Å². The van der Waals surface area contributed by atoms with Crippen LogP contribution in [0.5, 0.6) is 0 Å². The lowest BCUT2D eigenvalue weighted by Gasteiger charge is -2.18. The number of anilines is 1. The normalized spacial score (nSPS) is 11.6. The zero-order chi connectivity index (χ0) is 20.6. The third kappa shape index (κ3) is 4.00. The number of amides is 1. The first-order valence-corrected chi connectivity index (χ1v) is 9.62. The van der Waals surface area contributed by atoms with Crippen LogP contribution >= 0.6 is 11.6 Å². The predicted octanol–water partition coefficient (Wildman–Crippen LogP) is 6.09. The number of nitrogens with zero attached hydrogens (tertiary/aromatic N) is 2. The second kappa shape index (κ2) is 7.33. The van der Waals surface area contributed by atoms with Crippen molar-refractivity contribution in [3.05, 3.63) is 77.1 Å². The summed E-state index contributed by atoms with van der Waals surface area (Å²) in [5, 5.41) is 2.98. The van der Waals surface area contributed by atoms with Crippen LogP contribution in [0, 0.1) is 0 Å². The van der Waals surface area contributed by atoms with Crippen molar-refractivity contribution in [3.8, 4) is 11.5 Å². The maximum atomic E-state index is 12.4. The van der Waals surface area contributed by atoms with Crippen LogP contribution in [0.3, 0.4) is 0 Å². The van der Waals surface area contributed by atoms with Gasteiger partial charge in [-0.05, 0) is 53.4 Å². The van der Waals surface area contributed by atoms with E-state index in [1.165, 1.54) is 11.8 Å². The Kier molecular flexibility index (Phi) is 4.84. The van der Waals surface area contributed by atoms with Crippen LogP contribution in [-0.2, 0) is 5.41 Å². The molecule has 29 heavy (non-hydrogen) atoms. The summed E-state index contributed by atoms with van der Waals surface area (Å²) >= 11 is 5.99. The highest BCUT2D eigenvalue weighted by molar-refractivity contribution is 6.33. The van der Waals surface area contributed by atoms with E-state index in [1.54, 1.807) is 30.3 Å². The number of aromatic nitrogens is 2. The predicted molar refractivity (Wildman–Crippen MR) is 115 cm³/mol. The molecule has 4 aromatic rings. The van der Waals surface area contributed by atoms with Gasteiger partial charge in [0.05, 0.1) is 5.56 Å². The summed E-state index contributed by atoms with van der Waals surface area (Å²) in [6, 6.07) is 16.8. The number of hydrogen-bond acceptors (Lipinski definition) is 4. The van der Waals surface area contributed by atoms with Crippen molar-refractivity contribution in [2.24, 2.45) is 0 Å². The molecule has 1 N–H and O–H groups in total. The van der Waals surface area contributed by atoms with Crippen LogP contribution in [0.4, 0.5) is 5.69 Å². The van der Waals surface area contributed by atoms with E-state index in [-0.39, 0.29) is 16.5 Å². The van der Waals surface area contributed by atoms with Crippen LogP contribution in [0.1, 0.15) is 36.7 Å². The first-order valence-electron chi connectivity index (χ1n) is 9.25. The number of halogens is 1. The van der Waals surface area contributed by atoms with Gasteiger partial charge in [-0.2, -0.15) is 0 Å². The van der Waals surface area contributed by atoms with E-state index in [2.05, 4.69) is 48.2 Å². The molecule has 0 aliphatic rings. The van der Waals surface area contributed by atoms with Crippen molar-refractivity contribution in [1.82, 2.24) is 9.97 Å². The molecule has 146 valence electrons. The maximum absolute atomic E-state index is 12.4. The fraction of sp³-hybridized carbons (Fsp3) is 0.174. The van der Waals surface area contributed by atoms with Gasteiger partial charge < -0.3 is 9.73 Å². The number of rotatable bonds is 3. The van der Waals surface area contributed by atoms with Crippen LogP contribution < -0.4 is 5.32 Å². The number of hydrogen-bond donors (Lipinski definition) is 1. The van der Waals surface area contributed by atoms with Gasteiger partial charge in [-0.3, -0.25) is 4.79 Å². The third-order valence-corrected chi connectivity index (χ3v) is 4.95. The molecule has 5 nitrogen and oxygen atoms in total. The quantitative estimate of drug-likeness (QED) is 0.418. The van der Waals surface area contributed by atoms with Crippen molar-refractivity contribution in [1.29, 1.82) is 0 Å². The molecule has 4 rings (SSSR count). The van der Waals surface area contributed by atoms with Gasteiger partial charge in [0, 0.05) is 17.4 Å². The monoisotopic (exact) mass is 405 g/mol. The van der Waals surface area contributed by atoms with E-state index in [4.69, 9.17) is 16.0 Å². The Morgan fingerprint density at radius 2 is 1.83 bits per heavy atom. The smallest absolute Gasteiger partial charge is 0.258 e. The number of carbonyl (C=O) groups is 1. The van der Waals surface area contributed by atoms with Crippen LogP contribution in [0.15, 0.2) is 65.2 Å². The molecule has 2 aromatic carbocycles. The Labute approximate surface area is 173 Å². The molecule has 0 unspecified atom stereocenters. The molecule has 0 spiro atoms. The summed E-state index contributed by atoms with van der Waals surface area (Å²) in [6.07, 6.45) is 1.54. The Morgan fingerprint density at radius 3 is 2.52 bits per heavy atom. The summed E-state index contributed by atoms with van der Waals surface area (Å²) in [6.45, 7) is 6.53. The summed E-state index contributed by atoms with van der Waals surface area (Å²) in [4.78, 5) is 20.9. The summed E-state index contributed by atoms with van der Waals surface area (Å²) in [7, 11) is 0. The second-order valence-electron chi connectivity index (χ2n) is 7.82. The molecular weight excluding hydrogens is 386 g/mol. The highest BCUT2D eigenvalue weighted by Crippen LogP contribution is 2.29. The van der Waals surface area contributed by atoms with Gasteiger partial charge in [0.25, 0.3) is 5.91 Å². The average Bonchev–Trinajstić information content (AvgIpc) is 3.11. The van der Waals surface area contributed by atoms with E-state index in [0.29, 0.717) is 28.2 Å². The van der Waals surface area contributed by atoms with Gasteiger partial charge in [-0.25, -0.2) is 9.97 Å². The molecule has 0 atom stereocenters. The van der Waals surface area contributed by atoms with Gasteiger partial charge in [-0.15, -0.1) is 0 Å². The minimum absolute atomic E-state index is 0.0874. The standard InChI is InChI=1S/C23H20ClN3O2/c1-23(2,3)15-8-6-14(7-9-15)22-27-18-13-16(10-11-19(18)29-22)26-21(28)17-5-4-12-25-20(17)24/h4-13H,1-3H3,(H,26,28). The summed E-state index contributed by atoms with van der Waals surface area (Å²) < 4.78 is 5.89. The Bertz CT molecular complexity index is 1190. The van der Waals surface area contributed by atoms with Gasteiger partial charge in [0.1, 0.15) is 10.7 Å². The molecule has 0 aliphatic heterocycles. The second-order valence-corrected chi connectivity index (χ2v) is 8.18. The van der Waals surface area contributed by atoms with Crippen LogP contribution in [0.2, 0.25) is 5.15 Å². The fourth-order valence-electron chi connectivity index (χ4n) is 3.00. The number of fused-ring (bicyclic) bond motifs is 1. The van der Waals surface area contributed by atoms with Crippen molar-refractivity contribution < 1.29 is 9.21 Å². The third-order valence-electron chi connectivity index (χ3n) is 4.65. The van der Waals surface area contributed by atoms with Gasteiger partial charge >= 0.3 is 0 Å². The average molecular weight is 406 g/mol. The van der Waals surface area contributed by atoms with Gasteiger partial charge in [0.2, 0.25) is 5.89 Å².